The normalized spacial score (nSPS) is 13.9. The van der Waals surface area contributed by atoms with Gasteiger partial charge in [-0.25, -0.2) is 14.6 Å². The number of rotatable bonds is 6. The summed E-state index contributed by atoms with van der Waals surface area (Å²) < 4.78 is 5.04. The highest BCUT2D eigenvalue weighted by molar-refractivity contribution is 6.53. The van der Waals surface area contributed by atoms with Gasteiger partial charge in [0.05, 0.1) is 12.8 Å². The summed E-state index contributed by atoms with van der Waals surface area (Å²) in [5.41, 5.74) is 1.14. The fourth-order valence-electron chi connectivity index (χ4n) is 2.81. The van der Waals surface area contributed by atoms with Crippen LogP contribution in [-0.2, 0) is 20.9 Å². The lowest BCUT2D eigenvalue weighted by Gasteiger charge is -2.20. The van der Waals surface area contributed by atoms with E-state index in [1.54, 1.807) is 19.2 Å². The van der Waals surface area contributed by atoms with Crippen molar-refractivity contribution in [3.05, 3.63) is 60.2 Å². The third kappa shape index (κ3) is 3.71. The van der Waals surface area contributed by atoms with Crippen molar-refractivity contribution in [3.63, 3.8) is 0 Å². The van der Waals surface area contributed by atoms with E-state index in [1.807, 2.05) is 30.3 Å². The summed E-state index contributed by atoms with van der Waals surface area (Å²) in [6.07, 6.45) is 0. The van der Waals surface area contributed by atoms with Gasteiger partial charge in [-0.3, -0.25) is 14.4 Å². The molecule has 0 unspecified atom stereocenters. The first-order chi connectivity index (χ1) is 13.4. The molecule has 2 aromatic rings. The van der Waals surface area contributed by atoms with Crippen LogP contribution in [0.1, 0.15) is 5.56 Å². The predicted octanol–water partition coefficient (Wildman–Crippen LogP) is 1.65. The highest BCUT2D eigenvalue weighted by Crippen LogP contribution is 2.24. The fourth-order valence-corrected chi connectivity index (χ4v) is 2.81. The van der Waals surface area contributed by atoms with Gasteiger partial charge in [-0.05, 0) is 29.8 Å². The fraction of sp³-hybridized carbons (Fsp3) is 0.200. The Kier molecular flexibility index (Phi) is 5.39. The van der Waals surface area contributed by atoms with Gasteiger partial charge in [-0.15, -0.1) is 0 Å². The van der Waals surface area contributed by atoms with E-state index in [4.69, 9.17) is 4.74 Å². The second-order valence-electron chi connectivity index (χ2n) is 6.25. The molecule has 144 valence electrons. The van der Waals surface area contributed by atoms with Crippen molar-refractivity contribution in [2.24, 2.45) is 0 Å². The van der Waals surface area contributed by atoms with Gasteiger partial charge < -0.3 is 9.64 Å². The molecule has 8 nitrogen and oxygen atoms in total. The van der Waals surface area contributed by atoms with Gasteiger partial charge in [0, 0.05) is 13.6 Å². The third-order valence-electron chi connectivity index (χ3n) is 4.37. The van der Waals surface area contributed by atoms with Crippen LogP contribution in [0.25, 0.3) is 0 Å². The number of nitrogens with zero attached hydrogens (tertiary/aromatic N) is 3. The number of likely N-dealkylation sites (N-methyl/N-ethyl adjacent to an activating group) is 1. The largest absolute Gasteiger partial charge is 0.497 e. The molecule has 0 atom stereocenters. The van der Waals surface area contributed by atoms with E-state index in [0.717, 1.165) is 10.5 Å². The Morgan fingerprint density at radius 2 is 1.61 bits per heavy atom. The lowest BCUT2D eigenvalue weighted by atomic mass is 10.2. The van der Waals surface area contributed by atoms with Gasteiger partial charge in [-0.1, -0.05) is 30.3 Å². The Balaban J connectivity index is 1.71. The molecular formula is C20H19N3O5. The number of carbonyl (C=O) groups excluding carboxylic acids is 4. The van der Waals surface area contributed by atoms with Crippen LogP contribution in [0.15, 0.2) is 54.6 Å². The number of urea groups is 1. The Morgan fingerprint density at radius 3 is 2.21 bits per heavy atom. The number of benzene rings is 2. The van der Waals surface area contributed by atoms with Crippen molar-refractivity contribution in [3.8, 4) is 5.75 Å². The Hall–Kier alpha value is -3.68. The molecule has 0 radical (unpaired) electrons. The van der Waals surface area contributed by atoms with Crippen LogP contribution in [0.2, 0.25) is 0 Å². The number of anilines is 1. The highest BCUT2D eigenvalue weighted by atomic mass is 16.5. The molecule has 5 amide bonds. The van der Waals surface area contributed by atoms with Gasteiger partial charge in [0.25, 0.3) is 0 Å². The molecule has 1 heterocycles. The van der Waals surface area contributed by atoms with Gasteiger partial charge in [0.1, 0.15) is 12.3 Å². The second kappa shape index (κ2) is 7.91. The number of hydrogen-bond acceptors (Lipinski definition) is 5. The first kappa shape index (κ1) is 19.1. The monoisotopic (exact) mass is 381 g/mol. The number of imide groups is 2. The molecule has 28 heavy (non-hydrogen) atoms. The van der Waals surface area contributed by atoms with E-state index in [9.17, 15) is 19.2 Å². The standard InChI is InChI=1S/C20H19N3O5/c1-21(12-14-6-4-3-5-7-14)17(24)13-22-18(25)19(26)23(20(22)27)15-8-10-16(28-2)11-9-15/h3-11H,12-13H2,1-2H3. The van der Waals surface area contributed by atoms with Gasteiger partial charge >= 0.3 is 17.8 Å². The van der Waals surface area contributed by atoms with Crippen molar-refractivity contribution < 1.29 is 23.9 Å². The van der Waals surface area contributed by atoms with E-state index >= 15 is 0 Å². The average Bonchev–Trinajstić information content (AvgIpc) is 2.92. The van der Waals surface area contributed by atoms with Gasteiger partial charge in [0.15, 0.2) is 0 Å². The van der Waals surface area contributed by atoms with Crippen LogP contribution in [0, 0.1) is 0 Å². The van der Waals surface area contributed by atoms with Crippen molar-refractivity contribution >= 4 is 29.4 Å². The Morgan fingerprint density at radius 1 is 0.964 bits per heavy atom. The summed E-state index contributed by atoms with van der Waals surface area (Å²) in [7, 11) is 3.06. The Bertz CT molecular complexity index is 911. The van der Waals surface area contributed by atoms with E-state index < -0.39 is 30.3 Å². The molecule has 1 saturated heterocycles. The van der Waals surface area contributed by atoms with Crippen molar-refractivity contribution in [2.75, 3.05) is 25.6 Å². The van der Waals surface area contributed by atoms with E-state index in [0.29, 0.717) is 17.2 Å². The third-order valence-corrected chi connectivity index (χ3v) is 4.37. The summed E-state index contributed by atoms with van der Waals surface area (Å²) in [5, 5.41) is 0. The molecule has 0 aliphatic carbocycles. The van der Waals surface area contributed by atoms with E-state index in [1.165, 1.54) is 24.1 Å². The molecule has 1 aliphatic heterocycles. The molecule has 0 aromatic heterocycles. The van der Waals surface area contributed by atoms with Crippen molar-refractivity contribution in [1.29, 1.82) is 0 Å². The molecular weight excluding hydrogens is 362 g/mol. The van der Waals surface area contributed by atoms with Crippen LogP contribution in [0.5, 0.6) is 5.75 Å². The topological polar surface area (TPSA) is 87.2 Å². The van der Waals surface area contributed by atoms with Crippen LogP contribution >= 0.6 is 0 Å². The summed E-state index contributed by atoms with van der Waals surface area (Å²) in [6.45, 7) is -0.175. The Labute approximate surface area is 161 Å². The first-order valence-electron chi connectivity index (χ1n) is 8.54. The first-order valence-corrected chi connectivity index (χ1v) is 8.54. The zero-order valence-electron chi connectivity index (χ0n) is 15.5. The molecule has 1 fully saturated rings. The molecule has 2 aromatic carbocycles. The quantitative estimate of drug-likeness (QED) is 0.561. The second-order valence-corrected chi connectivity index (χ2v) is 6.25. The smallest absolute Gasteiger partial charge is 0.339 e. The minimum absolute atomic E-state index is 0.233. The maximum Gasteiger partial charge on any atom is 0.339 e. The SMILES string of the molecule is COc1ccc(N2C(=O)C(=O)N(CC(=O)N(C)Cc3ccccc3)C2=O)cc1. The maximum atomic E-state index is 12.6. The van der Waals surface area contributed by atoms with E-state index in [2.05, 4.69) is 0 Å². The van der Waals surface area contributed by atoms with Crippen LogP contribution < -0.4 is 9.64 Å². The van der Waals surface area contributed by atoms with Crippen LogP contribution in [0.3, 0.4) is 0 Å². The number of methoxy groups -OCH3 is 1. The predicted molar refractivity (Wildman–Crippen MR) is 101 cm³/mol. The molecule has 1 aliphatic rings. The summed E-state index contributed by atoms with van der Waals surface area (Å²) in [5.74, 6) is -1.92. The number of amides is 5. The van der Waals surface area contributed by atoms with Crippen LogP contribution in [-0.4, -0.2) is 54.3 Å². The number of hydrogen-bond donors (Lipinski definition) is 0. The van der Waals surface area contributed by atoms with Gasteiger partial charge in [-0.2, -0.15) is 0 Å². The van der Waals surface area contributed by atoms with Crippen molar-refractivity contribution in [2.45, 2.75) is 6.54 Å². The lowest BCUT2D eigenvalue weighted by molar-refractivity contribution is -0.142. The summed E-state index contributed by atoms with van der Waals surface area (Å²) in [6, 6.07) is 14.6. The minimum atomic E-state index is -1.03. The van der Waals surface area contributed by atoms with Crippen LogP contribution in [0.4, 0.5) is 10.5 Å². The minimum Gasteiger partial charge on any atom is -0.497 e. The molecule has 0 N–H and O–H groups in total. The van der Waals surface area contributed by atoms with Crippen molar-refractivity contribution in [1.82, 2.24) is 9.80 Å². The molecule has 8 heteroatoms. The summed E-state index contributed by atoms with van der Waals surface area (Å²) in [4.78, 5) is 52.4. The lowest BCUT2D eigenvalue weighted by Crippen LogP contribution is -2.42. The summed E-state index contributed by atoms with van der Waals surface area (Å²) >= 11 is 0. The molecule has 0 spiro atoms. The zero-order chi connectivity index (χ0) is 20.3. The molecule has 0 saturated carbocycles. The highest BCUT2D eigenvalue weighted by Gasteiger charge is 2.46. The number of carbonyl (C=O) groups is 4. The van der Waals surface area contributed by atoms with Gasteiger partial charge in [0.2, 0.25) is 5.91 Å². The van der Waals surface area contributed by atoms with E-state index in [-0.39, 0.29) is 5.69 Å². The maximum absolute atomic E-state index is 12.6. The molecule has 3 rings (SSSR count). The zero-order valence-corrected chi connectivity index (χ0v) is 15.5. The average molecular weight is 381 g/mol. The number of ether oxygens (including phenoxy) is 1. The molecule has 0 bridgehead atoms.